The summed E-state index contributed by atoms with van der Waals surface area (Å²) in [5.74, 6) is 0.942. The molecule has 0 unspecified atom stereocenters. The van der Waals surface area contributed by atoms with Crippen LogP contribution in [0.2, 0.25) is 0 Å². The number of benzene rings is 4. The molecular formula is C31H34Cl2NOPPd. The SMILES string of the molecule is COc1ccc(CN2CCCCC2)cc1.[Cl][Pd][Cl].c1ccc(P(c2ccccc2)c2ccccc2)cc1. The molecule has 2 nitrogen and oxygen atoms in total. The standard InChI is InChI=1S/C18H15P.C13H19NO.2ClH.Pd/c1-4-10-16(11-5-1)19(17-12-6-2-7-13-17)18-14-8-3-9-15-18;1-15-13-7-5-12(6-8-13)11-14-9-3-2-4-10-14;;;/h1-15H;5-8H,2-4,9-11H2,1H3;2*1H;/q;;;;+2/p-2. The number of hydrogen-bond donors (Lipinski definition) is 0. The van der Waals surface area contributed by atoms with Crippen molar-refractivity contribution in [1.29, 1.82) is 0 Å². The van der Waals surface area contributed by atoms with E-state index in [-0.39, 0.29) is 15.9 Å². The van der Waals surface area contributed by atoms with E-state index in [0.717, 1.165) is 12.3 Å². The molecule has 1 fully saturated rings. The maximum Gasteiger partial charge on any atom is -0.0134 e. The Balaban J connectivity index is 0.000000190. The Hall–Kier alpha value is -1.69. The quantitative estimate of drug-likeness (QED) is 0.159. The summed E-state index contributed by atoms with van der Waals surface area (Å²) in [5, 5.41) is 4.19. The van der Waals surface area contributed by atoms with Crippen LogP contribution in [0.1, 0.15) is 24.8 Å². The molecule has 0 amide bonds. The van der Waals surface area contributed by atoms with Crippen LogP contribution in [0.5, 0.6) is 5.75 Å². The van der Waals surface area contributed by atoms with Crippen molar-refractivity contribution >= 4 is 42.9 Å². The Morgan fingerprint density at radius 3 is 1.43 bits per heavy atom. The van der Waals surface area contributed by atoms with Crippen molar-refractivity contribution in [3.63, 3.8) is 0 Å². The molecule has 1 aliphatic heterocycles. The minimum atomic E-state index is -0.446. The molecule has 0 radical (unpaired) electrons. The molecule has 6 heteroatoms. The zero-order chi connectivity index (χ0) is 26.1. The smallest absolute Gasteiger partial charge is 0.0134 e. The van der Waals surface area contributed by atoms with E-state index >= 15 is 0 Å². The minimum absolute atomic E-state index is 0.106. The first-order valence-corrected chi connectivity index (χ1v) is 17.7. The first kappa shape index (κ1) is 29.9. The summed E-state index contributed by atoms with van der Waals surface area (Å²) >= 11 is -0.106. The molecule has 0 aromatic heterocycles. The summed E-state index contributed by atoms with van der Waals surface area (Å²) in [6.45, 7) is 3.60. The van der Waals surface area contributed by atoms with Gasteiger partial charge < -0.3 is 4.74 Å². The van der Waals surface area contributed by atoms with Crippen LogP contribution >= 0.6 is 27.0 Å². The molecule has 0 atom stereocenters. The molecule has 1 heterocycles. The van der Waals surface area contributed by atoms with Gasteiger partial charge in [-0.15, -0.1) is 0 Å². The van der Waals surface area contributed by atoms with E-state index in [1.54, 1.807) is 7.11 Å². The van der Waals surface area contributed by atoms with Crippen molar-refractivity contribution in [2.75, 3.05) is 20.2 Å². The van der Waals surface area contributed by atoms with Gasteiger partial charge in [-0.1, -0.05) is 110 Å². The maximum atomic E-state index is 5.15. The fraction of sp³-hybridized carbons (Fsp3) is 0.226. The molecule has 1 saturated heterocycles. The maximum absolute atomic E-state index is 5.15. The van der Waals surface area contributed by atoms with Gasteiger partial charge in [-0.05, 0) is 67.5 Å². The second kappa shape index (κ2) is 17.8. The summed E-state index contributed by atoms with van der Waals surface area (Å²) in [5.41, 5.74) is 1.39. The van der Waals surface area contributed by atoms with Crippen LogP contribution in [0.3, 0.4) is 0 Å². The predicted molar refractivity (Wildman–Crippen MR) is 159 cm³/mol. The molecule has 4 aromatic rings. The number of methoxy groups -OCH3 is 1. The van der Waals surface area contributed by atoms with Crippen LogP contribution in [0.25, 0.3) is 0 Å². The first-order chi connectivity index (χ1) is 18.2. The zero-order valence-corrected chi connectivity index (χ0v) is 25.0. The van der Waals surface area contributed by atoms with Gasteiger partial charge in [-0.3, -0.25) is 4.90 Å². The summed E-state index contributed by atoms with van der Waals surface area (Å²) in [6, 6.07) is 40.7. The number of hydrogen-bond acceptors (Lipinski definition) is 2. The second-order valence-corrected chi connectivity index (χ2v) is 13.2. The van der Waals surface area contributed by atoms with E-state index in [4.69, 9.17) is 23.8 Å². The molecule has 5 rings (SSSR count). The molecule has 0 spiro atoms. The number of piperidine rings is 1. The van der Waals surface area contributed by atoms with Crippen LogP contribution in [-0.2, 0) is 22.5 Å². The third-order valence-electron chi connectivity index (χ3n) is 6.06. The number of rotatable bonds is 6. The fourth-order valence-electron chi connectivity index (χ4n) is 4.29. The summed E-state index contributed by atoms with van der Waals surface area (Å²) < 4.78 is 5.15. The van der Waals surface area contributed by atoms with Crippen molar-refractivity contribution < 1.29 is 20.7 Å². The largest absolute Gasteiger partial charge is 0.0622 e. The van der Waals surface area contributed by atoms with Crippen LogP contribution in [0.15, 0.2) is 115 Å². The molecule has 4 aromatic carbocycles. The van der Waals surface area contributed by atoms with Crippen molar-refractivity contribution in [1.82, 2.24) is 4.90 Å². The summed E-state index contributed by atoms with van der Waals surface area (Å²) in [4.78, 5) is 2.53. The average molecular weight is 645 g/mol. The third-order valence-corrected chi connectivity index (χ3v) is 8.50. The minimum Gasteiger partial charge on any atom is -0.0622 e. The topological polar surface area (TPSA) is 12.5 Å². The van der Waals surface area contributed by atoms with E-state index < -0.39 is 7.92 Å². The molecule has 0 aliphatic carbocycles. The van der Waals surface area contributed by atoms with Gasteiger partial charge in [0.15, 0.2) is 0 Å². The Bertz CT molecular complexity index is 1020. The molecule has 37 heavy (non-hydrogen) atoms. The van der Waals surface area contributed by atoms with Crippen LogP contribution in [0, 0.1) is 0 Å². The van der Waals surface area contributed by atoms with Gasteiger partial charge in [-0.2, -0.15) is 0 Å². The van der Waals surface area contributed by atoms with E-state index in [9.17, 15) is 0 Å². The van der Waals surface area contributed by atoms with Crippen molar-refractivity contribution in [3.8, 4) is 5.75 Å². The fourth-order valence-corrected chi connectivity index (χ4v) is 6.59. The van der Waals surface area contributed by atoms with Gasteiger partial charge in [0.05, 0.1) is 7.11 Å². The Morgan fingerprint density at radius 1 is 0.649 bits per heavy atom. The van der Waals surface area contributed by atoms with E-state index in [1.807, 2.05) is 12.1 Å². The van der Waals surface area contributed by atoms with Gasteiger partial charge in [0, 0.05) is 6.54 Å². The predicted octanol–water partition coefficient (Wildman–Crippen LogP) is 7.50. The molecule has 0 N–H and O–H groups in total. The molecule has 1 aliphatic rings. The average Bonchev–Trinajstić information content (AvgIpc) is 2.97. The van der Waals surface area contributed by atoms with Gasteiger partial charge in [0.2, 0.25) is 0 Å². The summed E-state index contributed by atoms with van der Waals surface area (Å²) in [7, 11) is 10.9. The Labute approximate surface area is 239 Å². The van der Waals surface area contributed by atoms with Gasteiger partial charge in [0.25, 0.3) is 0 Å². The number of ether oxygens (including phenoxy) is 1. The molecule has 0 bridgehead atoms. The summed E-state index contributed by atoms with van der Waals surface area (Å²) in [6.07, 6.45) is 4.12. The van der Waals surface area contributed by atoms with Crippen LogP contribution < -0.4 is 20.7 Å². The normalized spacial score (nSPS) is 13.2. The van der Waals surface area contributed by atoms with Crippen LogP contribution in [-0.4, -0.2) is 25.1 Å². The van der Waals surface area contributed by atoms with E-state index in [0.29, 0.717) is 0 Å². The number of nitrogens with zero attached hydrogens (tertiary/aromatic N) is 1. The van der Waals surface area contributed by atoms with Gasteiger partial charge >= 0.3 is 35.0 Å². The van der Waals surface area contributed by atoms with Crippen molar-refractivity contribution in [2.45, 2.75) is 25.8 Å². The second-order valence-electron chi connectivity index (χ2n) is 8.57. The van der Waals surface area contributed by atoms with Gasteiger partial charge in [-0.25, -0.2) is 0 Å². The monoisotopic (exact) mass is 643 g/mol. The number of likely N-dealkylation sites (tertiary alicyclic amines) is 1. The molecule has 0 saturated carbocycles. The number of halogens is 2. The van der Waals surface area contributed by atoms with Gasteiger partial charge in [0.1, 0.15) is 5.75 Å². The molecule has 198 valence electrons. The van der Waals surface area contributed by atoms with Crippen LogP contribution in [0.4, 0.5) is 0 Å². The van der Waals surface area contributed by atoms with Crippen molar-refractivity contribution in [2.24, 2.45) is 0 Å². The van der Waals surface area contributed by atoms with E-state index in [1.165, 1.54) is 53.8 Å². The van der Waals surface area contributed by atoms with Crippen molar-refractivity contribution in [3.05, 3.63) is 121 Å². The molecular weight excluding hydrogens is 611 g/mol. The van der Waals surface area contributed by atoms with E-state index in [2.05, 4.69) is 108 Å². The Morgan fingerprint density at radius 2 is 1.05 bits per heavy atom. The third kappa shape index (κ3) is 10.5. The zero-order valence-electron chi connectivity index (χ0n) is 21.1. The first-order valence-electron chi connectivity index (χ1n) is 12.4. The Kier molecular flexibility index (Phi) is 14.3.